The van der Waals surface area contributed by atoms with Crippen LogP contribution >= 0.6 is 0 Å². The number of nitrogens with one attached hydrogen (secondary N) is 2. The molecule has 2 aliphatic rings. The number of sulfonamides is 1. The Morgan fingerprint density at radius 2 is 1.69 bits per heavy atom. The Kier molecular flexibility index (Phi) is 11.5. The third kappa shape index (κ3) is 9.29. The van der Waals surface area contributed by atoms with Gasteiger partial charge in [-0.05, 0) is 79.8 Å². The molecule has 0 saturated carbocycles. The number of aliphatic hydroxyl groups is 1. The quantitative estimate of drug-likeness (QED) is 0.266. The fraction of sp³-hybridized carbons (Fsp3) is 0.412. The number of carbonyl (C=O) groups is 2. The van der Waals surface area contributed by atoms with E-state index in [1.807, 2.05) is 12.1 Å². The number of alkyl carbamates (subject to hydrolysis) is 1. The number of morpholine rings is 1. The van der Waals surface area contributed by atoms with Crippen molar-refractivity contribution in [2.24, 2.45) is 0 Å². The van der Waals surface area contributed by atoms with Crippen LogP contribution in [-0.2, 0) is 36.9 Å². The highest BCUT2D eigenvalue weighted by Crippen LogP contribution is 2.33. The number of piperidine rings is 1. The van der Waals surface area contributed by atoms with Crippen molar-refractivity contribution in [2.45, 2.75) is 62.1 Å². The Balaban J connectivity index is 1.31. The molecule has 0 aromatic heterocycles. The van der Waals surface area contributed by atoms with Gasteiger partial charge < -0.3 is 30.1 Å². The lowest BCUT2D eigenvalue weighted by Gasteiger charge is -2.34. The number of hydrogen-bond donors (Lipinski definition) is 3. The van der Waals surface area contributed by atoms with Gasteiger partial charge in [-0.25, -0.2) is 13.2 Å². The van der Waals surface area contributed by atoms with Crippen molar-refractivity contribution in [1.29, 1.82) is 0 Å². The van der Waals surface area contributed by atoms with Crippen LogP contribution in [0.4, 0.5) is 29.3 Å². The number of carbonyl (C=O) groups excluding carboxylic acids is 2. The lowest BCUT2D eigenvalue weighted by atomic mass is 10.0. The van der Waals surface area contributed by atoms with E-state index in [4.69, 9.17) is 9.47 Å². The first kappa shape index (κ1) is 36.1. The van der Waals surface area contributed by atoms with Crippen LogP contribution in [-0.4, -0.2) is 74.9 Å². The van der Waals surface area contributed by atoms with Crippen LogP contribution in [0.15, 0.2) is 77.7 Å². The lowest BCUT2D eigenvalue weighted by Crippen LogP contribution is -2.50. The second-order valence-electron chi connectivity index (χ2n) is 12.0. The molecule has 0 aliphatic carbocycles. The van der Waals surface area contributed by atoms with Crippen LogP contribution in [0.2, 0.25) is 0 Å². The molecular formula is C34H39F3N4O7S. The molecule has 2 aliphatic heterocycles. The predicted octanol–water partition coefficient (Wildman–Crippen LogP) is 5.07. The lowest BCUT2D eigenvalue weighted by molar-refractivity contribution is -0.137. The number of hydrogen-bond acceptors (Lipinski definition) is 8. The molecule has 3 atom stereocenters. The van der Waals surface area contributed by atoms with Gasteiger partial charge in [-0.3, -0.25) is 4.79 Å². The molecular weight excluding hydrogens is 665 g/mol. The Morgan fingerprint density at radius 1 is 1.00 bits per heavy atom. The van der Waals surface area contributed by atoms with E-state index < -0.39 is 57.0 Å². The molecule has 11 nitrogen and oxygen atoms in total. The first-order valence-corrected chi connectivity index (χ1v) is 17.4. The first-order valence-electron chi connectivity index (χ1n) is 16.0. The smallest absolute Gasteiger partial charge is 0.416 e. The Hall–Kier alpha value is -4.18. The molecule has 0 radical (unpaired) electrons. The van der Waals surface area contributed by atoms with Gasteiger partial charge in [-0.15, -0.1) is 0 Å². The number of benzene rings is 3. The maximum Gasteiger partial charge on any atom is 0.416 e. The molecule has 2 fully saturated rings. The summed E-state index contributed by atoms with van der Waals surface area (Å²) in [5.74, 6) is -0.562. The number of anilines is 2. The van der Waals surface area contributed by atoms with Crippen molar-refractivity contribution >= 4 is 33.4 Å². The van der Waals surface area contributed by atoms with Crippen LogP contribution in [0, 0.1) is 0 Å². The van der Waals surface area contributed by atoms with Crippen LogP contribution in [0.5, 0.6) is 0 Å². The summed E-state index contributed by atoms with van der Waals surface area (Å²) < 4.78 is 78.8. The second-order valence-corrected chi connectivity index (χ2v) is 13.8. The molecule has 3 aromatic carbocycles. The highest BCUT2D eigenvalue weighted by Gasteiger charge is 2.38. The third-order valence-corrected chi connectivity index (χ3v) is 10.3. The van der Waals surface area contributed by atoms with Gasteiger partial charge in [0.05, 0.1) is 29.8 Å². The number of halogens is 3. The summed E-state index contributed by atoms with van der Waals surface area (Å²) in [7, 11) is -4.48. The average Bonchev–Trinajstić information content (AvgIpc) is 3.09. The molecule has 2 saturated heterocycles. The minimum Gasteiger partial charge on any atom is -0.429 e. The van der Waals surface area contributed by atoms with Crippen molar-refractivity contribution in [2.75, 3.05) is 43.1 Å². The maximum atomic E-state index is 13.6. The van der Waals surface area contributed by atoms with E-state index in [9.17, 15) is 36.3 Å². The molecule has 5 rings (SSSR count). The Labute approximate surface area is 283 Å². The second kappa shape index (κ2) is 15.6. The van der Waals surface area contributed by atoms with Gasteiger partial charge in [-0.2, -0.15) is 17.5 Å². The molecule has 49 heavy (non-hydrogen) atoms. The van der Waals surface area contributed by atoms with E-state index in [0.29, 0.717) is 48.9 Å². The summed E-state index contributed by atoms with van der Waals surface area (Å²) >= 11 is 0. The van der Waals surface area contributed by atoms with Gasteiger partial charge in [0.2, 0.25) is 15.9 Å². The number of rotatable bonds is 10. The van der Waals surface area contributed by atoms with Crippen molar-refractivity contribution in [1.82, 2.24) is 9.62 Å². The molecule has 264 valence electrons. The minimum atomic E-state index is -4.75. The Morgan fingerprint density at radius 3 is 2.35 bits per heavy atom. The fourth-order valence-electron chi connectivity index (χ4n) is 5.72. The monoisotopic (exact) mass is 704 g/mol. The summed E-state index contributed by atoms with van der Waals surface area (Å²) in [5, 5.41) is 15.3. The van der Waals surface area contributed by atoms with Crippen LogP contribution < -0.4 is 15.5 Å². The molecule has 1 unspecified atom stereocenters. The van der Waals surface area contributed by atoms with E-state index in [1.165, 1.54) is 0 Å². The van der Waals surface area contributed by atoms with Crippen molar-refractivity contribution < 1.29 is 45.8 Å². The van der Waals surface area contributed by atoms with E-state index in [-0.39, 0.29) is 19.4 Å². The number of amides is 2. The van der Waals surface area contributed by atoms with Crippen molar-refractivity contribution in [3.8, 4) is 0 Å². The molecule has 15 heteroatoms. The molecule has 3 aromatic rings. The zero-order valence-electron chi connectivity index (χ0n) is 26.9. The van der Waals surface area contributed by atoms with Gasteiger partial charge in [0, 0.05) is 37.4 Å². The predicted molar refractivity (Wildman–Crippen MR) is 175 cm³/mol. The van der Waals surface area contributed by atoms with Gasteiger partial charge in [0.1, 0.15) is 6.04 Å². The van der Waals surface area contributed by atoms with Gasteiger partial charge in [0.25, 0.3) is 0 Å². The van der Waals surface area contributed by atoms with Crippen LogP contribution in [0.25, 0.3) is 0 Å². The highest BCUT2D eigenvalue weighted by atomic mass is 32.2. The van der Waals surface area contributed by atoms with E-state index in [2.05, 4.69) is 15.5 Å². The summed E-state index contributed by atoms with van der Waals surface area (Å²) in [6.45, 7) is 4.28. The number of nitrogens with zero attached hydrogens (tertiary/aromatic N) is 2. The van der Waals surface area contributed by atoms with Gasteiger partial charge >= 0.3 is 12.3 Å². The summed E-state index contributed by atoms with van der Waals surface area (Å²) in [5.41, 5.74) is 1.66. The largest absolute Gasteiger partial charge is 0.429 e. The molecule has 2 heterocycles. The van der Waals surface area contributed by atoms with Crippen LogP contribution in [0.1, 0.15) is 49.0 Å². The summed E-state index contributed by atoms with van der Waals surface area (Å²) in [6, 6.07) is 16.3. The van der Waals surface area contributed by atoms with E-state index in [1.54, 1.807) is 43.3 Å². The topological polar surface area (TPSA) is 138 Å². The van der Waals surface area contributed by atoms with Crippen LogP contribution in [0.3, 0.4) is 0 Å². The summed E-state index contributed by atoms with van der Waals surface area (Å²) in [4.78, 5) is 28.5. The molecule has 0 bridgehead atoms. The average molecular weight is 705 g/mol. The summed E-state index contributed by atoms with van der Waals surface area (Å²) in [6.07, 6.45) is -6.77. The highest BCUT2D eigenvalue weighted by molar-refractivity contribution is 7.89. The van der Waals surface area contributed by atoms with Crippen molar-refractivity contribution in [3.05, 3.63) is 89.5 Å². The number of ether oxygens (including phenoxy) is 2. The molecule has 0 spiro atoms. The van der Waals surface area contributed by atoms with E-state index in [0.717, 1.165) is 41.3 Å². The Bertz CT molecular complexity index is 1700. The SMILES string of the molecule is C[C@H](O)c1ccc(CC(NC(=O)O[C@H]2CCCCN2S(=O)(=O)c2cccc(C(F)(F)F)c2)C(=O)Nc2ccc(N3CCOCC3)cc2)cc1. The van der Waals surface area contributed by atoms with Crippen molar-refractivity contribution in [3.63, 3.8) is 0 Å². The third-order valence-electron chi connectivity index (χ3n) is 8.43. The first-order chi connectivity index (χ1) is 23.3. The normalized spacial score (nSPS) is 18.7. The minimum absolute atomic E-state index is 0.0315. The zero-order valence-corrected chi connectivity index (χ0v) is 27.7. The van der Waals surface area contributed by atoms with E-state index >= 15 is 0 Å². The number of alkyl halides is 3. The standard InChI is InChI=1S/C34H39F3N4O7S/c1-23(42)25-10-8-24(9-11-25)21-30(32(43)38-27-12-14-28(15-13-27)40-17-19-47-20-18-40)39-33(44)48-31-7-2-3-16-41(31)49(45,46)29-6-4-5-26(22-29)34(35,36)37/h4-6,8-15,22-23,30-31,42H,2-3,7,16-21H2,1H3,(H,38,43)(H,39,44)/t23-,30?,31-/m0/s1. The number of aliphatic hydroxyl groups excluding tert-OH is 1. The fourth-order valence-corrected chi connectivity index (χ4v) is 7.34. The van der Waals surface area contributed by atoms with Gasteiger partial charge in [0.15, 0.2) is 6.23 Å². The molecule has 2 amide bonds. The van der Waals surface area contributed by atoms with Gasteiger partial charge in [-0.1, -0.05) is 30.3 Å². The zero-order chi connectivity index (χ0) is 35.2. The maximum absolute atomic E-state index is 13.6. The molecule has 3 N–H and O–H groups in total.